The maximum atomic E-state index is 4.93. The number of anilines is 2. The number of fused-ring (bicyclic) bond motifs is 1. The van der Waals surface area contributed by atoms with Crippen molar-refractivity contribution in [1.29, 1.82) is 0 Å². The molecular formula is C11H16N2O2. The Bertz CT molecular complexity index is 320. The van der Waals surface area contributed by atoms with Crippen LogP contribution >= 0.6 is 0 Å². The second-order valence-electron chi connectivity index (χ2n) is 3.63. The van der Waals surface area contributed by atoms with Gasteiger partial charge in [-0.1, -0.05) is 0 Å². The van der Waals surface area contributed by atoms with Crippen molar-refractivity contribution in [2.75, 3.05) is 25.2 Å². The van der Waals surface area contributed by atoms with Gasteiger partial charge < -0.3 is 0 Å². The van der Waals surface area contributed by atoms with Gasteiger partial charge in [-0.25, -0.2) is 0 Å². The molecule has 4 heteroatoms. The molecule has 0 radical (unpaired) electrons. The molecule has 0 saturated carbocycles. The molecule has 4 nitrogen and oxygen atoms in total. The van der Waals surface area contributed by atoms with Gasteiger partial charge in [0.1, 0.15) is 0 Å². The van der Waals surface area contributed by atoms with E-state index in [0.717, 1.165) is 24.2 Å². The minimum absolute atomic E-state index is 0.917. The average molecular weight is 208 g/mol. The van der Waals surface area contributed by atoms with E-state index < -0.39 is 0 Å². The molecule has 0 unspecified atom stereocenters. The summed E-state index contributed by atoms with van der Waals surface area (Å²) in [6.07, 6.45) is 3.54. The van der Waals surface area contributed by atoms with E-state index in [4.69, 9.17) is 9.68 Å². The third kappa shape index (κ3) is 2.06. The van der Waals surface area contributed by atoms with Crippen LogP contribution in [0.1, 0.15) is 17.5 Å². The van der Waals surface area contributed by atoms with Gasteiger partial charge in [0, 0.05) is 0 Å². The molecule has 1 aromatic rings. The topological polar surface area (TPSA) is 42.5 Å². The van der Waals surface area contributed by atoms with Crippen LogP contribution in [0, 0.1) is 0 Å². The maximum absolute atomic E-state index is 4.93. The minimum Gasteiger partial charge on any atom is -0.279 e. The Balaban J connectivity index is 2.33. The van der Waals surface area contributed by atoms with Crippen molar-refractivity contribution in [3.8, 4) is 0 Å². The first-order chi connectivity index (χ1) is 7.35. The van der Waals surface area contributed by atoms with Crippen LogP contribution in [0.2, 0.25) is 0 Å². The van der Waals surface area contributed by atoms with E-state index in [0.29, 0.717) is 0 Å². The minimum atomic E-state index is 0.917. The number of hydrogen-bond acceptors (Lipinski definition) is 4. The number of aryl methyl sites for hydroxylation is 2. The molecule has 0 aromatic heterocycles. The third-order valence-corrected chi connectivity index (χ3v) is 2.66. The molecule has 0 atom stereocenters. The van der Waals surface area contributed by atoms with Gasteiger partial charge in [-0.15, -0.1) is 0 Å². The molecule has 0 amide bonds. The van der Waals surface area contributed by atoms with Crippen LogP contribution < -0.4 is 11.0 Å². The Hall–Kier alpha value is -1.26. The molecule has 0 saturated heterocycles. The summed E-state index contributed by atoms with van der Waals surface area (Å²) in [5.41, 5.74) is 10.3. The van der Waals surface area contributed by atoms with Crippen molar-refractivity contribution in [2.24, 2.45) is 0 Å². The van der Waals surface area contributed by atoms with Gasteiger partial charge in [0.2, 0.25) is 0 Å². The van der Waals surface area contributed by atoms with Gasteiger partial charge in [0.05, 0.1) is 25.6 Å². The maximum Gasteiger partial charge on any atom is 0.0861 e. The summed E-state index contributed by atoms with van der Waals surface area (Å²) in [4.78, 5) is 9.86. The molecule has 1 aliphatic rings. The summed E-state index contributed by atoms with van der Waals surface area (Å²) < 4.78 is 0. The SMILES string of the molecule is CONc1cc2c(cc1NOC)CCC2. The molecule has 1 aliphatic carbocycles. The molecule has 82 valence electrons. The van der Waals surface area contributed by atoms with Crippen molar-refractivity contribution < 1.29 is 9.68 Å². The summed E-state index contributed by atoms with van der Waals surface area (Å²) in [6.45, 7) is 0. The fourth-order valence-corrected chi connectivity index (χ4v) is 2.01. The van der Waals surface area contributed by atoms with Crippen molar-refractivity contribution in [2.45, 2.75) is 19.3 Å². The summed E-state index contributed by atoms with van der Waals surface area (Å²) in [5.74, 6) is 0. The van der Waals surface area contributed by atoms with Crippen LogP contribution in [0.25, 0.3) is 0 Å². The van der Waals surface area contributed by atoms with Gasteiger partial charge in [0.25, 0.3) is 0 Å². The van der Waals surface area contributed by atoms with Crippen LogP contribution in [0.15, 0.2) is 12.1 Å². The van der Waals surface area contributed by atoms with E-state index in [-0.39, 0.29) is 0 Å². The quantitative estimate of drug-likeness (QED) is 0.744. The van der Waals surface area contributed by atoms with E-state index in [2.05, 4.69) is 23.1 Å². The molecular weight excluding hydrogens is 192 g/mol. The summed E-state index contributed by atoms with van der Waals surface area (Å²) in [5, 5.41) is 0. The van der Waals surface area contributed by atoms with E-state index >= 15 is 0 Å². The van der Waals surface area contributed by atoms with Gasteiger partial charge >= 0.3 is 0 Å². The van der Waals surface area contributed by atoms with Crippen LogP contribution in [0.3, 0.4) is 0 Å². The highest BCUT2D eigenvalue weighted by Crippen LogP contribution is 2.31. The van der Waals surface area contributed by atoms with Gasteiger partial charge in [-0.3, -0.25) is 20.6 Å². The number of benzene rings is 1. The largest absolute Gasteiger partial charge is 0.279 e. The third-order valence-electron chi connectivity index (χ3n) is 2.66. The lowest BCUT2D eigenvalue weighted by Crippen LogP contribution is -2.04. The normalized spacial score (nSPS) is 13.7. The Morgan fingerprint density at radius 2 is 1.40 bits per heavy atom. The second-order valence-corrected chi connectivity index (χ2v) is 3.63. The Kier molecular flexibility index (Phi) is 3.08. The van der Waals surface area contributed by atoms with E-state index in [1.807, 2.05) is 0 Å². The van der Waals surface area contributed by atoms with E-state index in [1.165, 1.54) is 17.5 Å². The molecule has 0 bridgehead atoms. The molecule has 0 aliphatic heterocycles. The Labute approximate surface area is 89.5 Å². The lowest BCUT2D eigenvalue weighted by Gasteiger charge is -2.13. The summed E-state index contributed by atoms with van der Waals surface area (Å²) in [7, 11) is 3.20. The molecule has 0 spiro atoms. The zero-order chi connectivity index (χ0) is 10.7. The fourth-order valence-electron chi connectivity index (χ4n) is 2.01. The summed E-state index contributed by atoms with van der Waals surface area (Å²) in [6, 6.07) is 4.24. The highest BCUT2D eigenvalue weighted by atomic mass is 16.6. The molecule has 0 heterocycles. The Morgan fingerprint density at radius 1 is 0.933 bits per heavy atom. The monoisotopic (exact) mass is 208 g/mol. The lowest BCUT2D eigenvalue weighted by atomic mass is 10.1. The van der Waals surface area contributed by atoms with Gasteiger partial charge in [0.15, 0.2) is 0 Å². The smallest absolute Gasteiger partial charge is 0.0861 e. The van der Waals surface area contributed by atoms with Crippen molar-refractivity contribution in [3.63, 3.8) is 0 Å². The lowest BCUT2D eigenvalue weighted by molar-refractivity contribution is 0.263. The standard InChI is InChI=1S/C11H16N2O2/c1-14-12-10-6-8-4-3-5-9(8)7-11(10)13-15-2/h6-7,12-13H,3-5H2,1-2H3. The highest BCUT2D eigenvalue weighted by Gasteiger charge is 2.14. The van der Waals surface area contributed by atoms with Gasteiger partial charge in [-0.05, 0) is 42.5 Å². The average Bonchev–Trinajstić information content (AvgIpc) is 2.66. The molecule has 1 aromatic carbocycles. The van der Waals surface area contributed by atoms with Crippen LogP contribution in [0.4, 0.5) is 11.4 Å². The molecule has 15 heavy (non-hydrogen) atoms. The molecule has 2 rings (SSSR count). The zero-order valence-corrected chi connectivity index (χ0v) is 9.09. The van der Waals surface area contributed by atoms with E-state index in [1.54, 1.807) is 14.2 Å². The van der Waals surface area contributed by atoms with Crippen LogP contribution in [0.5, 0.6) is 0 Å². The predicted molar refractivity (Wildman–Crippen MR) is 59.7 cm³/mol. The first-order valence-electron chi connectivity index (χ1n) is 5.09. The van der Waals surface area contributed by atoms with Crippen molar-refractivity contribution in [3.05, 3.63) is 23.3 Å². The number of rotatable bonds is 4. The number of nitrogens with one attached hydrogen (secondary N) is 2. The first-order valence-corrected chi connectivity index (χ1v) is 5.09. The second kappa shape index (κ2) is 4.51. The zero-order valence-electron chi connectivity index (χ0n) is 9.09. The molecule has 0 fully saturated rings. The van der Waals surface area contributed by atoms with Gasteiger partial charge in [-0.2, -0.15) is 0 Å². The van der Waals surface area contributed by atoms with Crippen molar-refractivity contribution >= 4 is 11.4 Å². The van der Waals surface area contributed by atoms with Crippen LogP contribution in [-0.2, 0) is 22.5 Å². The predicted octanol–water partition coefficient (Wildman–Crippen LogP) is 2.12. The first kappa shape index (κ1) is 10.3. The number of hydrogen-bond donors (Lipinski definition) is 2. The van der Waals surface area contributed by atoms with E-state index in [9.17, 15) is 0 Å². The van der Waals surface area contributed by atoms with Crippen molar-refractivity contribution in [1.82, 2.24) is 0 Å². The fraction of sp³-hybridized carbons (Fsp3) is 0.455. The highest BCUT2D eigenvalue weighted by molar-refractivity contribution is 5.70. The molecule has 2 N–H and O–H groups in total. The Morgan fingerprint density at radius 3 is 1.80 bits per heavy atom. The summed E-state index contributed by atoms with van der Waals surface area (Å²) >= 11 is 0. The van der Waals surface area contributed by atoms with Crippen LogP contribution in [-0.4, -0.2) is 14.2 Å².